The lowest BCUT2D eigenvalue weighted by atomic mass is 9.96. The van der Waals surface area contributed by atoms with E-state index in [9.17, 15) is 14.4 Å². The molecule has 7 nitrogen and oxygen atoms in total. The number of hydrogen-bond donors (Lipinski definition) is 3. The molecule has 0 heterocycles. The van der Waals surface area contributed by atoms with Crippen molar-refractivity contribution in [1.29, 1.82) is 0 Å². The summed E-state index contributed by atoms with van der Waals surface area (Å²) in [7, 11) is 0. The molecular formula is C21H25N3O4. The van der Waals surface area contributed by atoms with Gasteiger partial charge in [-0.3, -0.25) is 4.79 Å². The molecule has 0 fully saturated rings. The van der Waals surface area contributed by atoms with E-state index in [1.165, 1.54) is 19.1 Å². The fourth-order valence-corrected chi connectivity index (χ4v) is 2.74. The molecule has 2 aromatic rings. The normalized spacial score (nSPS) is 12.5. The number of esters is 1. The number of nitrogens with two attached hydrogens (primary N) is 1. The van der Waals surface area contributed by atoms with Gasteiger partial charge < -0.3 is 21.1 Å². The highest BCUT2D eigenvalue weighted by Crippen LogP contribution is 2.18. The first-order chi connectivity index (χ1) is 13.4. The van der Waals surface area contributed by atoms with Crippen molar-refractivity contribution in [2.24, 2.45) is 5.73 Å². The zero-order valence-corrected chi connectivity index (χ0v) is 16.0. The zero-order chi connectivity index (χ0) is 20.5. The van der Waals surface area contributed by atoms with E-state index in [1.807, 2.05) is 30.3 Å². The second-order valence-corrected chi connectivity index (χ2v) is 6.38. The van der Waals surface area contributed by atoms with Gasteiger partial charge in [-0.1, -0.05) is 43.3 Å². The summed E-state index contributed by atoms with van der Waals surface area (Å²) in [4.78, 5) is 35.5. The number of ether oxygens (including phenoxy) is 1. The van der Waals surface area contributed by atoms with Crippen molar-refractivity contribution in [1.82, 2.24) is 5.32 Å². The largest absolute Gasteiger partial charge is 0.449 e. The van der Waals surface area contributed by atoms with Gasteiger partial charge in [0.25, 0.3) is 5.91 Å². The summed E-state index contributed by atoms with van der Waals surface area (Å²) in [6.45, 7) is 4.03. The fraction of sp³-hybridized carbons (Fsp3) is 0.286. The smallest absolute Gasteiger partial charge is 0.338 e. The average molecular weight is 383 g/mol. The lowest BCUT2D eigenvalue weighted by Gasteiger charge is -2.18. The maximum Gasteiger partial charge on any atom is 0.338 e. The molecule has 0 aromatic heterocycles. The number of benzene rings is 2. The average Bonchev–Trinajstić information content (AvgIpc) is 2.68. The number of anilines is 1. The maximum atomic E-state index is 12.3. The Morgan fingerprint density at radius 2 is 1.79 bits per heavy atom. The molecule has 3 amide bonds. The van der Waals surface area contributed by atoms with Gasteiger partial charge in [-0.15, -0.1) is 0 Å². The van der Waals surface area contributed by atoms with E-state index in [0.29, 0.717) is 12.2 Å². The highest BCUT2D eigenvalue weighted by Gasteiger charge is 2.20. The van der Waals surface area contributed by atoms with Gasteiger partial charge in [0.1, 0.15) is 0 Å². The quantitative estimate of drug-likeness (QED) is 0.609. The SMILES string of the molecule is CC[C@@H](CNC(=O)[C@@H](C)OC(=O)c1cccc(NC(N)=O)c1)c1ccccc1. The number of hydrogen-bond acceptors (Lipinski definition) is 4. The van der Waals surface area contributed by atoms with Crippen LogP contribution in [0, 0.1) is 0 Å². The van der Waals surface area contributed by atoms with Gasteiger partial charge in [-0.2, -0.15) is 0 Å². The second-order valence-electron chi connectivity index (χ2n) is 6.38. The summed E-state index contributed by atoms with van der Waals surface area (Å²) in [5, 5.41) is 5.22. The van der Waals surface area contributed by atoms with Crippen LogP contribution in [-0.2, 0) is 9.53 Å². The number of rotatable bonds is 8. The summed E-state index contributed by atoms with van der Waals surface area (Å²) in [5.41, 5.74) is 6.79. The Bertz CT molecular complexity index is 823. The van der Waals surface area contributed by atoms with Crippen molar-refractivity contribution < 1.29 is 19.1 Å². The first-order valence-corrected chi connectivity index (χ1v) is 9.10. The molecule has 2 atom stereocenters. The van der Waals surface area contributed by atoms with E-state index in [4.69, 9.17) is 10.5 Å². The number of primary amides is 1. The lowest BCUT2D eigenvalue weighted by Crippen LogP contribution is -2.38. The van der Waals surface area contributed by atoms with Gasteiger partial charge in [0.15, 0.2) is 6.10 Å². The molecule has 2 rings (SSSR count). The van der Waals surface area contributed by atoms with Crippen LogP contribution in [0.2, 0.25) is 0 Å². The third-order valence-corrected chi connectivity index (χ3v) is 4.31. The minimum atomic E-state index is -0.950. The summed E-state index contributed by atoms with van der Waals surface area (Å²) in [5.74, 6) is -0.843. The maximum absolute atomic E-state index is 12.3. The van der Waals surface area contributed by atoms with Gasteiger partial charge >= 0.3 is 12.0 Å². The van der Waals surface area contributed by atoms with E-state index in [0.717, 1.165) is 12.0 Å². The molecule has 4 N–H and O–H groups in total. The van der Waals surface area contributed by atoms with E-state index in [-0.39, 0.29) is 17.4 Å². The minimum Gasteiger partial charge on any atom is -0.449 e. The number of carbonyl (C=O) groups excluding carboxylic acids is 3. The first kappa shape index (κ1) is 21.0. The van der Waals surface area contributed by atoms with Crippen molar-refractivity contribution in [3.63, 3.8) is 0 Å². The van der Waals surface area contributed by atoms with E-state index < -0.39 is 18.1 Å². The summed E-state index contributed by atoms with van der Waals surface area (Å²) >= 11 is 0. The molecule has 2 aromatic carbocycles. The predicted octanol–water partition coefficient (Wildman–Crippen LogP) is 3.03. The van der Waals surface area contributed by atoms with Crippen LogP contribution in [0.5, 0.6) is 0 Å². The van der Waals surface area contributed by atoms with E-state index in [1.54, 1.807) is 12.1 Å². The number of carbonyl (C=O) groups is 3. The van der Waals surface area contributed by atoms with Crippen LogP contribution >= 0.6 is 0 Å². The summed E-state index contributed by atoms with van der Waals surface area (Å²) in [6.07, 6.45) is -0.0773. The standard InChI is InChI=1S/C21H25N3O4/c1-3-15(16-8-5-4-6-9-16)13-23-19(25)14(2)28-20(26)17-10-7-11-18(12-17)24-21(22)27/h4-12,14-15H,3,13H2,1-2H3,(H,23,25)(H3,22,24,27)/t14-,15+/m1/s1. The van der Waals surface area contributed by atoms with Gasteiger partial charge in [0.05, 0.1) is 5.56 Å². The molecular weight excluding hydrogens is 358 g/mol. The Kier molecular flexibility index (Phi) is 7.56. The number of nitrogens with one attached hydrogen (secondary N) is 2. The molecule has 0 bridgehead atoms. The van der Waals surface area contributed by atoms with Gasteiger partial charge in [-0.05, 0) is 37.1 Å². The Morgan fingerprint density at radius 3 is 2.43 bits per heavy atom. The van der Waals surface area contributed by atoms with Gasteiger partial charge in [0, 0.05) is 18.2 Å². The van der Waals surface area contributed by atoms with Crippen molar-refractivity contribution in [3.8, 4) is 0 Å². The van der Waals surface area contributed by atoms with Crippen LogP contribution in [0.1, 0.15) is 42.1 Å². The predicted molar refractivity (Wildman–Crippen MR) is 107 cm³/mol. The highest BCUT2D eigenvalue weighted by atomic mass is 16.5. The van der Waals surface area contributed by atoms with Crippen LogP contribution < -0.4 is 16.4 Å². The Hall–Kier alpha value is -3.35. The molecule has 0 saturated carbocycles. The topological polar surface area (TPSA) is 111 Å². The van der Waals surface area contributed by atoms with Crippen molar-refractivity contribution in [2.45, 2.75) is 32.3 Å². The van der Waals surface area contributed by atoms with Crippen molar-refractivity contribution in [2.75, 3.05) is 11.9 Å². The van der Waals surface area contributed by atoms with Crippen LogP contribution in [0.4, 0.5) is 10.5 Å². The third kappa shape index (κ3) is 6.12. The van der Waals surface area contributed by atoms with Crippen molar-refractivity contribution >= 4 is 23.6 Å². The second kappa shape index (κ2) is 10.1. The molecule has 0 aliphatic rings. The van der Waals surface area contributed by atoms with Crippen LogP contribution in [0.25, 0.3) is 0 Å². The highest BCUT2D eigenvalue weighted by molar-refractivity contribution is 5.94. The molecule has 28 heavy (non-hydrogen) atoms. The molecule has 0 aliphatic heterocycles. The molecule has 0 saturated heterocycles. The Labute approximate surface area is 164 Å². The van der Waals surface area contributed by atoms with Crippen LogP contribution in [0.3, 0.4) is 0 Å². The number of urea groups is 1. The van der Waals surface area contributed by atoms with Gasteiger partial charge in [0.2, 0.25) is 0 Å². The third-order valence-electron chi connectivity index (χ3n) is 4.31. The molecule has 0 unspecified atom stereocenters. The summed E-state index contributed by atoms with van der Waals surface area (Å²) in [6, 6.07) is 15.3. The van der Waals surface area contributed by atoms with Gasteiger partial charge in [-0.25, -0.2) is 9.59 Å². The van der Waals surface area contributed by atoms with Crippen LogP contribution in [-0.4, -0.2) is 30.6 Å². The molecule has 0 aliphatic carbocycles. The molecule has 148 valence electrons. The minimum absolute atomic E-state index is 0.185. The Balaban J connectivity index is 1.91. The van der Waals surface area contributed by atoms with E-state index in [2.05, 4.69) is 17.6 Å². The Morgan fingerprint density at radius 1 is 1.07 bits per heavy atom. The molecule has 7 heteroatoms. The van der Waals surface area contributed by atoms with E-state index >= 15 is 0 Å². The molecule has 0 radical (unpaired) electrons. The molecule has 0 spiro atoms. The lowest BCUT2D eigenvalue weighted by molar-refractivity contribution is -0.129. The first-order valence-electron chi connectivity index (χ1n) is 9.10. The number of amides is 3. The van der Waals surface area contributed by atoms with Crippen LogP contribution in [0.15, 0.2) is 54.6 Å². The monoisotopic (exact) mass is 383 g/mol. The fourth-order valence-electron chi connectivity index (χ4n) is 2.74. The zero-order valence-electron chi connectivity index (χ0n) is 16.0. The van der Waals surface area contributed by atoms with Crippen molar-refractivity contribution in [3.05, 3.63) is 65.7 Å². The summed E-state index contributed by atoms with van der Waals surface area (Å²) < 4.78 is 5.23.